The molecule has 0 N–H and O–H groups in total. The topological polar surface area (TPSA) is 62.7 Å². The lowest BCUT2D eigenvalue weighted by atomic mass is 9.88. The van der Waals surface area contributed by atoms with Crippen molar-refractivity contribution in [1.29, 1.82) is 0 Å². The van der Waals surface area contributed by atoms with Crippen LogP contribution in [0.1, 0.15) is 23.2 Å². The summed E-state index contributed by atoms with van der Waals surface area (Å²) in [6, 6.07) is 7.96. The number of halogens is 3. The van der Waals surface area contributed by atoms with Crippen molar-refractivity contribution in [1.82, 2.24) is 9.88 Å². The number of ether oxygens (including phenoxy) is 1. The van der Waals surface area contributed by atoms with E-state index in [1.54, 1.807) is 17.0 Å². The molecule has 1 aromatic heterocycles. The van der Waals surface area contributed by atoms with E-state index in [0.717, 1.165) is 17.0 Å². The van der Waals surface area contributed by atoms with Crippen molar-refractivity contribution in [3.63, 3.8) is 0 Å². The molecule has 0 unspecified atom stereocenters. The maximum Gasteiger partial charge on any atom is 0.437 e. The highest BCUT2D eigenvalue weighted by atomic mass is 19.3. The molecule has 2 fully saturated rings. The Morgan fingerprint density at radius 1 is 1.03 bits per heavy atom. The zero-order valence-corrected chi connectivity index (χ0v) is 15.4. The Hall–Kier alpha value is -2.94. The van der Waals surface area contributed by atoms with Gasteiger partial charge in [-0.3, -0.25) is 14.6 Å². The first-order valence-corrected chi connectivity index (χ1v) is 9.15. The molecule has 3 heterocycles. The molecule has 2 amide bonds. The van der Waals surface area contributed by atoms with E-state index in [-0.39, 0.29) is 44.1 Å². The maximum absolute atomic E-state index is 14.4. The van der Waals surface area contributed by atoms with Crippen LogP contribution in [0.15, 0.2) is 48.8 Å². The molecule has 2 aromatic rings. The van der Waals surface area contributed by atoms with Crippen LogP contribution in [0.4, 0.5) is 18.9 Å². The Morgan fingerprint density at radius 3 is 2.28 bits per heavy atom. The van der Waals surface area contributed by atoms with Crippen LogP contribution in [0.2, 0.25) is 0 Å². The Labute approximate surface area is 164 Å². The van der Waals surface area contributed by atoms with Gasteiger partial charge in [-0.25, -0.2) is 4.39 Å². The average molecular weight is 405 g/mol. The summed E-state index contributed by atoms with van der Waals surface area (Å²) in [5.41, 5.74) is -0.649. The maximum atomic E-state index is 14.4. The normalized spacial score (nSPS) is 20.7. The lowest BCUT2D eigenvalue weighted by molar-refractivity contribution is -0.292. The van der Waals surface area contributed by atoms with E-state index in [0.29, 0.717) is 5.56 Å². The number of amides is 2. The van der Waals surface area contributed by atoms with Crippen molar-refractivity contribution >= 4 is 17.5 Å². The van der Waals surface area contributed by atoms with Gasteiger partial charge in [0.15, 0.2) is 0 Å². The number of pyridine rings is 1. The van der Waals surface area contributed by atoms with Gasteiger partial charge in [-0.1, -0.05) is 0 Å². The van der Waals surface area contributed by atoms with Gasteiger partial charge in [-0.2, -0.15) is 8.78 Å². The fourth-order valence-electron chi connectivity index (χ4n) is 3.75. The molecule has 0 aliphatic carbocycles. The van der Waals surface area contributed by atoms with Crippen molar-refractivity contribution in [2.45, 2.75) is 24.6 Å². The first kappa shape index (κ1) is 19.4. The smallest absolute Gasteiger partial charge is 0.338 e. The number of likely N-dealkylation sites (tertiary alicyclic amines) is 1. The van der Waals surface area contributed by atoms with Crippen LogP contribution in [0.5, 0.6) is 0 Å². The van der Waals surface area contributed by atoms with E-state index >= 15 is 0 Å². The van der Waals surface area contributed by atoms with Crippen LogP contribution >= 0.6 is 0 Å². The summed E-state index contributed by atoms with van der Waals surface area (Å²) < 4.78 is 46.9. The summed E-state index contributed by atoms with van der Waals surface area (Å²) in [5.74, 6) is -2.22. The minimum atomic E-state index is -4.00. The second kappa shape index (κ2) is 7.14. The number of carbonyl (C=O) groups excluding carboxylic acids is 2. The number of hydrogen-bond donors (Lipinski definition) is 0. The number of morpholine rings is 1. The highest BCUT2D eigenvalue weighted by Gasteiger charge is 2.57. The third kappa shape index (κ3) is 3.69. The fraction of sp³-hybridized carbons (Fsp3) is 0.350. The Morgan fingerprint density at radius 2 is 1.66 bits per heavy atom. The van der Waals surface area contributed by atoms with Crippen LogP contribution in [0.25, 0.3) is 0 Å². The van der Waals surface area contributed by atoms with E-state index < -0.39 is 23.4 Å². The zero-order valence-electron chi connectivity index (χ0n) is 15.4. The molecule has 0 bridgehead atoms. The molecule has 4 rings (SSSR count). The predicted octanol–water partition coefficient (Wildman–Crippen LogP) is 2.85. The molecule has 29 heavy (non-hydrogen) atoms. The van der Waals surface area contributed by atoms with Gasteiger partial charge in [0, 0.05) is 36.7 Å². The first-order chi connectivity index (χ1) is 13.8. The van der Waals surface area contributed by atoms with Gasteiger partial charge in [-0.15, -0.1) is 0 Å². The number of benzene rings is 1. The van der Waals surface area contributed by atoms with Gasteiger partial charge < -0.3 is 14.5 Å². The fourth-order valence-corrected chi connectivity index (χ4v) is 3.75. The number of alkyl halides is 2. The summed E-state index contributed by atoms with van der Waals surface area (Å²) in [5, 5.41) is 0. The van der Waals surface area contributed by atoms with Gasteiger partial charge in [-0.05, 0) is 49.2 Å². The second-order valence-corrected chi connectivity index (χ2v) is 7.20. The predicted molar refractivity (Wildman–Crippen MR) is 96.9 cm³/mol. The molecule has 9 heteroatoms. The summed E-state index contributed by atoms with van der Waals surface area (Å²) in [4.78, 5) is 31.2. The van der Waals surface area contributed by atoms with Crippen LogP contribution < -0.4 is 4.90 Å². The molecule has 152 valence electrons. The molecule has 0 atom stereocenters. The van der Waals surface area contributed by atoms with Gasteiger partial charge in [0.25, 0.3) is 5.91 Å². The van der Waals surface area contributed by atoms with Crippen LogP contribution in [-0.2, 0) is 9.53 Å². The van der Waals surface area contributed by atoms with E-state index in [1.165, 1.54) is 24.5 Å². The minimum Gasteiger partial charge on any atom is -0.338 e. The largest absolute Gasteiger partial charge is 0.437 e. The van der Waals surface area contributed by atoms with E-state index in [4.69, 9.17) is 4.74 Å². The Bertz CT molecular complexity index is 914. The molecule has 1 aromatic carbocycles. The Balaban J connectivity index is 1.53. The lowest BCUT2D eigenvalue weighted by Gasteiger charge is -2.48. The van der Waals surface area contributed by atoms with Crippen molar-refractivity contribution in [2.24, 2.45) is 0 Å². The first-order valence-electron chi connectivity index (χ1n) is 9.15. The number of anilines is 1. The molecule has 0 radical (unpaired) electrons. The quantitative estimate of drug-likeness (QED) is 0.771. The molecule has 2 aliphatic rings. The van der Waals surface area contributed by atoms with Crippen LogP contribution in [-0.4, -0.2) is 53.0 Å². The number of aromatic nitrogens is 1. The van der Waals surface area contributed by atoms with E-state index in [1.807, 2.05) is 0 Å². The highest BCUT2D eigenvalue weighted by molar-refractivity contribution is 5.98. The molecule has 6 nitrogen and oxygen atoms in total. The molecule has 0 saturated carbocycles. The minimum absolute atomic E-state index is 0.0929. The summed E-state index contributed by atoms with van der Waals surface area (Å²) in [6.45, 7) is 0.329. The number of piperidine rings is 1. The van der Waals surface area contributed by atoms with Crippen molar-refractivity contribution < 1.29 is 27.5 Å². The van der Waals surface area contributed by atoms with Gasteiger partial charge in [0.05, 0.1) is 12.1 Å². The average Bonchev–Trinajstić information content (AvgIpc) is 2.72. The third-order valence-electron chi connectivity index (χ3n) is 5.31. The van der Waals surface area contributed by atoms with E-state index in [9.17, 15) is 22.8 Å². The molecule has 2 aliphatic heterocycles. The van der Waals surface area contributed by atoms with E-state index in [2.05, 4.69) is 4.98 Å². The van der Waals surface area contributed by atoms with Gasteiger partial charge in [0.2, 0.25) is 0 Å². The van der Waals surface area contributed by atoms with Gasteiger partial charge >= 0.3 is 12.0 Å². The molecular weight excluding hydrogens is 387 g/mol. The summed E-state index contributed by atoms with van der Waals surface area (Å²) in [6.07, 6.45) is -0.690. The van der Waals surface area contributed by atoms with Crippen LogP contribution in [0.3, 0.4) is 0 Å². The zero-order chi connectivity index (χ0) is 20.6. The second-order valence-electron chi connectivity index (χ2n) is 7.20. The Kier molecular flexibility index (Phi) is 4.77. The lowest BCUT2D eigenvalue weighted by Crippen LogP contribution is -2.65. The summed E-state index contributed by atoms with van der Waals surface area (Å²) in [7, 11) is 0. The standard InChI is InChI=1S/C20H18F3N3O3/c21-15-1-3-16(4-2-15)26-13-19(29-20(22,23)18(26)28)7-11-25(12-8-19)17(27)14-5-9-24-10-6-14/h1-6,9-10H,7-8,11-13H2. The van der Waals surface area contributed by atoms with Crippen molar-refractivity contribution in [3.05, 3.63) is 60.2 Å². The molecule has 2 saturated heterocycles. The number of rotatable bonds is 2. The van der Waals surface area contributed by atoms with Gasteiger partial charge in [0.1, 0.15) is 5.82 Å². The number of nitrogens with zero attached hydrogens (tertiary/aromatic N) is 3. The SMILES string of the molecule is O=C(c1ccncc1)N1CCC2(CC1)CN(c1ccc(F)cc1)C(=O)C(F)(F)O2. The number of hydrogen-bond acceptors (Lipinski definition) is 4. The molecule has 1 spiro atoms. The van der Waals surface area contributed by atoms with Crippen molar-refractivity contribution in [3.8, 4) is 0 Å². The number of carbonyl (C=O) groups is 2. The summed E-state index contributed by atoms with van der Waals surface area (Å²) >= 11 is 0. The van der Waals surface area contributed by atoms with Crippen molar-refractivity contribution in [2.75, 3.05) is 24.5 Å². The highest BCUT2D eigenvalue weighted by Crippen LogP contribution is 2.40. The molecular formula is C20H18F3N3O3. The monoisotopic (exact) mass is 405 g/mol. The third-order valence-corrected chi connectivity index (χ3v) is 5.31. The van der Waals surface area contributed by atoms with Crippen LogP contribution in [0, 0.1) is 5.82 Å².